The van der Waals surface area contributed by atoms with Gasteiger partial charge in [-0.05, 0) is 43.4 Å². The molecule has 21 heavy (non-hydrogen) atoms. The maximum absolute atomic E-state index is 12.1. The molecule has 1 aliphatic carbocycles. The van der Waals surface area contributed by atoms with Gasteiger partial charge in [-0.25, -0.2) is 4.79 Å². The van der Waals surface area contributed by atoms with E-state index in [1.54, 1.807) is 6.07 Å². The maximum Gasteiger partial charge on any atom is 0.328 e. The van der Waals surface area contributed by atoms with E-state index in [0.717, 1.165) is 18.9 Å². The Morgan fingerprint density at radius 3 is 2.62 bits per heavy atom. The zero-order valence-electron chi connectivity index (χ0n) is 11.5. The fraction of sp³-hybridized carbons (Fsp3) is 0.400. The summed E-state index contributed by atoms with van der Waals surface area (Å²) in [5.41, 5.74) is 0.956. The first kappa shape index (κ1) is 15.2. The van der Waals surface area contributed by atoms with Crippen LogP contribution in [0, 0.1) is 0 Å². The van der Waals surface area contributed by atoms with Gasteiger partial charge in [0, 0.05) is 24.5 Å². The molecule has 0 radical (unpaired) electrons. The van der Waals surface area contributed by atoms with Crippen molar-refractivity contribution in [2.45, 2.75) is 37.8 Å². The smallest absolute Gasteiger partial charge is 0.328 e. The molecule has 0 unspecified atom stereocenters. The summed E-state index contributed by atoms with van der Waals surface area (Å²) in [6, 6.07) is 1.67. The monoisotopic (exact) mass is 290 g/mol. The van der Waals surface area contributed by atoms with E-state index in [2.05, 4.69) is 10.3 Å². The third-order valence-corrected chi connectivity index (χ3v) is 3.47. The number of aromatic nitrogens is 1. The predicted octanol–water partition coefficient (Wildman–Crippen LogP) is 1.21. The van der Waals surface area contributed by atoms with Crippen molar-refractivity contribution in [1.29, 1.82) is 0 Å². The van der Waals surface area contributed by atoms with Gasteiger partial charge in [0.15, 0.2) is 0 Å². The molecule has 3 N–H and O–H groups in total. The Bertz CT molecular complexity index is 548. The summed E-state index contributed by atoms with van der Waals surface area (Å²) in [6.45, 7) is 0. The molecule has 112 valence electrons. The number of rotatable bonds is 4. The van der Waals surface area contributed by atoms with Crippen LogP contribution in [0.25, 0.3) is 6.08 Å². The standard InChI is InChI=1S/C15H18N2O4/c18-13-4-2-12(3-5-13)17-15(21)11-7-10(8-16-9-11)1-6-14(19)20/h1,6-9,12-13,18H,2-5H2,(H,17,21)(H,19,20). The summed E-state index contributed by atoms with van der Waals surface area (Å²) in [7, 11) is 0. The van der Waals surface area contributed by atoms with Crippen LogP contribution in [0.1, 0.15) is 41.6 Å². The van der Waals surface area contributed by atoms with Gasteiger partial charge in [-0.2, -0.15) is 0 Å². The zero-order chi connectivity index (χ0) is 15.2. The molecule has 1 saturated carbocycles. The van der Waals surface area contributed by atoms with Crippen molar-refractivity contribution >= 4 is 18.0 Å². The third kappa shape index (κ3) is 4.68. The van der Waals surface area contributed by atoms with E-state index in [0.29, 0.717) is 24.0 Å². The number of carboxylic acid groups (broad SMARTS) is 1. The minimum atomic E-state index is -1.05. The molecule has 6 nitrogen and oxygen atoms in total. The largest absolute Gasteiger partial charge is 0.478 e. The van der Waals surface area contributed by atoms with Gasteiger partial charge in [0.1, 0.15) is 0 Å². The van der Waals surface area contributed by atoms with Crippen LogP contribution in [-0.4, -0.2) is 39.2 Å². The number of nitrogens with one attached hydrogen (secondary N) is 1. The quantitative estimate of drug-likeness (QED) is 0.724. The van der Waals surface area contributed by atoms with Crippen LogP contribution in [-0.2, 0) is 4.79 Å². The van der Waals surface area contributed by atoms with Crippen molar-refractivity contribution in [2.24, 2.45) is 0 Å². The molecule has 0 aromatic carbocycles. The summed E-state index contributed by atoms with van der Waals surface area (Å²) < 4.78 is 0. The predicted molar refractivity (Wildman–Crippen MR) is 76.6 cm³/mol. The molecular weight excluding hydrogens is 272 g/mol. The van der Waals surface area contributed by atoms with Crippen molar-refractivity contribution in [3.05, 3.63) is 35.7 Å². The highest BCUT2D eigenvalue weighted by Crippen LogP contribution is 2.18. The highest BCUT2D eigenvalue weighted by atomic mass is 16.4. The Kier molecular flexibility index (Phi) is 5.05. The molecule has 1 heterocycles. The molecule has 0 aliphatic heterocycles. The Labute approximate surface area is 122 Å². The van der Waals surface area contributed by atoms with Crippen molar-refractivity contribution < 1.29 is 19.8 Å². The second-order valence-corrected chi connectivity index (χ2v) is 5.16. The van der Waals surface area contributed by atoms with E-state index in [9.17, 15) is 14.7 Å². The third-order valence-electron chi connectivity index (χ3n) is 3.47. The number of hydrogen-bond acceptors (Lipinski definition) is 4. The highest BCUT2D eigenvalue weighted by molar-refractivity contribution is 5.95. The SMILES string of the molecule is O=C(O)C=Cc1cncc(C(=O)NC2CCC(O)CC2)c1. The van der Waals surface area contributed by atoms with Crippen LogP contribution in [0.4, 0.5) is 0 Å². The van der Waals surface area contributed by atoms with Gasteiger partial charge in [0.2, 0.25) is 0 Å². The lowest BCUT2D eigenvalue weighted by Crippen LogP contribution is -2.38. The topological polar surface area (TPSA) is 99.5 Å². The van der Waals surface area contributed by atoms with E-state index in [-0.39, 0.29) is 18.1 Å². The first-order valence-electron chi connectivity index (χ1n) is 6.89. The summed E-state index contributed by atoms with van der Waals surface area (Å²) >= 11 is 0. The van der Waals surface area contributed by atoms with Crippen LogP contribution in [0.3, 0.4) is 0 Å². The molecule has 0 saturated heterocycles. The van der Waals surface area contributed by atoms with Gasteiger partial charge in [-0.15, -0.1) is 0 Å². The Hall–Kier alpha value is -2.21. The molecule has 0 spiro atoms. The fourth-order valence-corrected chi connectivity index (χ4v) is 2.33. The van der Waals surface area contributed by atoms with Crippen LogP contribution in [0.2, 0.25) is 0 Å². The number of hydrogen-bond donors (Lipinski definition) is 3. The van der Waals surface area contributed by atoms with Gasteiger partial charge in [-0.3, -0.25) is 9.78 Å². The summed E-state index contributed by atoms with van der Waals surface area (Å²) in [5.74, 6) is -1.28. The number of aliphatic hydroxyl groups is 1. The fourth-order valence-electron chi connectivity index (χ4n) is 2.33. The molecule has 6 heteroatoms. The molecule has 1 aromatic rings. The van der Waals surface area contributed by atoms with E-state index >= 15 is 0 Å². The average Bonchev–Trinajstić information content (AvgIpc) is 2.48. The first-order chi connectivity index (χ1) is 10.0. The van der Waals surface area contributed by atoms with Crippen molar-refractivity contribution in [1.82, 2.24) is 10.3 Å². The lowest BCUT2D eigenvalue weighted by Gasteiger charge is -2.26. The van der Waals surface area contributed by atoms with Crippen LogP contribution < -0.4 is 5.32 Å². The molecular formula is C15H18N2O4. The van der Waals surface area contributed by atoms with E-state index in [1.807, 2.05) is 0 Å². The number of carboxylic acids is 1. The van der Waals surface area contributed by atoms with Gasteiger partial charge in [0.05, 0.1) is 11.7 Å². The number of carbonyl (C=O) groups is 2. The summed E-state index contributed by atoms with van der Waals surface area (Å²) in [6.07, 6.45) is 8.00. The molecule has 1 aliphatic rings. The van der Waals surface area contributed by atoms with Crippen molar-refractivity contribution in [2.75, 3.05) is 0 Å². The number of pyridine rings is 1. The van der Waals surface area contributed by atoms with Crippen LogP contribution >= 0.6 is 0 Å². The normalized spacial score (nSPS) is 22.1. The number of aliphatic hydroxyl groups excluding tert-OH is 1. The number of nitrogens with zero attached hydrogens (tertiary/aromatic N) is 1. The molecule has 1 amide bonds. The Balaban J connectivity index is 1.99. The van der Waals surface area contributed by atoms with Crippen molar-refractivity contribution in [3.8, 4) is 0 Å². The lowest BCUT2D eigenvalue weighted by atomic mass is 9.93. The van der Waals surface area contributed by atoms with E-state index < -0.39 is 5.97 Å². The second-order valence-electron chi connectivity index (χ2n) is 5.16. The number of aliphatic carboxylic acids is 1. The molecule has 1 aromatic heterocycles. The van der Waals surface area contributed by atoms with Gasteiger partial charge >= 0.3 is 5.97 Å². The minimum absolute atomic E-state index is 0.0686. The zero-order valence-corrected chi connectivity index (χ0v) is 11.5. The second kappa shape index (κ2) is 6.99. The lowest BCUT2D eigenvalue weighted by molar-refractivity contribution is -0.131. The number of amides is 1. The molecule has 1 fully saturated rings. The van der Waals surface area contributed by atoms with E-state index in [4.69, 9.17) is 5.11 Å². The minimum Gasteiger partial charge on any atom is -0.478 e. The molecule has 0 atom stereocenters. The first-order valence-corrected chi connectivity index (χ1v) is 6.89. The van der Waals surface area contributed by atoms with Crippen LogP contribution in [0.15, 0.2) is 24.5 Å². The van der Waals surface area contributed by atoms with Gasteiger partial charge in [0.25, 0.3) is 5.91 Å². The molecule has 2 rings (SSSR count). The molecule has 0 bridgehead atoms. The average molecular weight is 290 g/mol. The summed E-state index contributed by atoms with van der Waals surface area (Å²) in [5, 5.41) is 20.9. The van der Waals surface area contributed by atoms with Crippen LogP contribution in [0.5, 0.6) is 0 Å². The Morgan fingerprint density at radius 1 is 1.24 bits per heavy atom. The summed E-state index contributed by atoms with van der Waals surface area (Å²) in [4.78, 5) is 26.5. The van der Waals surface area contributed by atoms with Gasteiger partial charge < -0.3 is 15.5 Å². The number of carbonyl (C=O) groups excluding carboxylic acids is 1. The van der Waals surface area contributed by atoms with Gasteiger partial charge in [-0.1, -0.05) is 0 Å². The maximum atomic E-state index is 12.1. The highest BCUT2D eigenvalue weighted by Gasteiger charge is 2.21. The Morgan fingerprint density at radius 2 is 1.95 bits per heavy atom. The van der Waals surface area contributed by atoms with E-state index in [1.165, 1.54) is 18.5 Å². The van der Waals surface area contributed by atoms with Crippen molar-refractivity contribution in [3.63, 3.8) is 0 Å².